The van der Waals surface area contributed by atoms with Gasteiger partial charge in [0.25, 0.3) is 11.1 Å². The van der Waals surface area contributed by atoms with Crippen LogP contribution < -0.4 is 0 Å². The van der Waals surface area contributed by atoms with Crippen LogP contribution in [0.2, 0.25) is 0 Å². The molecule has 0 saturated carbocycles. The van der Waals surface area contributed by atoms with Crippen molar-refractivity contribution < 1.29 is 32.3 Å². The summed E-state index contributed by atoms with van der Waals surface area (Å²) >= 11 is 0.600. The number of imide groups is 1. The minimum atomic E-state index is -4.51. The third-order valence-corrected chi connectivity index (χ3v) is 4.95. The molecule has 10 heteroatoms. The van der Waals surface area contributed by atoms with Crippen molar-refractivity contribution >= 4 is 34.9 Å². The van der Waals surface area contributed by atoms with Gasteiger partial charge in [-0.25, -0.2) is 0 Å². The molecule has 0 bridgehead atoms. The van der Waals surface area contributed by atoms with Crippen molar-refractivity contribution in [3.63, 3.8) is 0 Å². The second-order valence-corrected chi connectivity index (χ2v) is 6.88. The van der Waals surface area contributed by atoms with Crippen LogP contribution in [0.3, 0.4) is 0 Å². The number of ether oxygens (including phenoxy) is 1. The fourth-order valence-electron chi connectivity index (χ4n) is 2.64. The predicted octanol–water partition coefficient (Wildman–Crippen LogP) is 2.60. The van der Waals surface area contributed by atoms with Gasteiger partial charge in [-0.3, -0.25) is 19.3 Å². The van der Waals surface area contributed by atoms with E-state index in [0.717, 1.165) is 17.0 Å². The number of morpholine rings is 1. The van der Waals surface area contributed by atoms with Crippen LogP contribution >= 0.6 is 11.8 Å². The average molecular weight is 400 g/mol. The van der Waals surface area contributed by atoms with Crippen LogP contribution in [0, 0.1) is 0 Å². The molecule has 2 fully saturated rings. The van der Waals surface area contributed by atoms with Crippen molar-refractivity contribution in [2.75, 3.05) is 32.8 Å². The maximum atomic E-state index is 12.8. The molecule has 2 aliphatic heterocycles. The molecule has 0 radical (unpaired) electrons. The van der Waals surface area contributed by atoms with E-state index in [9.17, 15) is 27.6 Å². The first kappa shape index (κ1) is 19.4. The monoisotopic (exact) mass is 400 g/mol. The molecule has 144 valence electrons. The predicted molar refractivity (Wildman–Crippen MR) is 91.5 cm³/mol. The van der Waals surface area contributed by atoms with E-state index in [2.05, 4.69) is 0 Å². The van der Waals surface area contributed by atoms with Gasteiger partial charge in [0, 0.05) is 13.1 Å². The zero-order valence-electron chi connectivity index (χ0n) is 14.0. The van der Waals surface area contributed by atoms with Gasteiger partial charge in [-0.1, -0.05) is 12.1 Å². The third-order valence-electron chi connectivity index (χ3n) is 4.04. The molecule has 3 amide bonds. The molecule has 6 nitrogen and oxygen atoms in total. The van der Waals surface area contributed by atoms with Crippen molar-refractivity contribution in [2.45, 2.75) is 6.18 Å². The topological polar surface area (TPSA) is 66.9 Å². The molecular formula is C17H15F3N2O4S. The summed E-state index contributed by atoms with van der Waals surface area (Å²) in [6, 6.07) is 4.44. The van der Waals surface area contributed by atoms with E-state index in [1.165, 1.54) is 23.1 Å². The van der Waals surface area contributed by atoms with Gasteiger partial charge in [0.15, 0.2) is 0 Å². The van der Waals surface area contributed by atoms with Gasteiger partial charge in [-0.15, -0.1) is 0 Å². The highest BCUT2D eigenvalue weighted by atomic mass is 32.2. The Bertz CT molecular complexity index is 804. The molecule has 0 spiro atoms. The summed E-state index contributed by atoms with van der Waals surface area (Å²) in [4.78, 5) is 39.0. The fraction of sp³-hybridized carbons (Fsp3) is 0.353. The van der Waals surface area contributed by atoms with E-state index < -0.39 is 29.4 Å². The molecular weight excluding hydrogens is 385 g/mol. The van der Waals surface area contributed by atoms with Crippen molar-refractivity contribution in [2.24, 2.45) is 0 Å². The highest BCUT2D eigenvalue weighted by Crippen LogP contribution is 2.34. The maximum absolute atomic E-state index is 12.8. The number of hydrogen-bond donors (Lipinski definition) is 0. The lowest BCUT2D eigenvalue weighted by Crippen LogP contribution is -2.46. The van der Waals surface area contributed by atoms with Gasteiger partial charge in [0.05, 0.1) is 23.7 Å². The Morgan fingerprint density at radius 2 is 1.93 bits per heavy atom. The highest BCUT2D eigenvalue weighted by Gasteiger charge is 2.37. The lowest BCUT2D eigenvalue weighted by molar-refractivity contribution is -0.139. The maximum Gasteiger partial charge on any atom is 0.416 e. The van der Waals surface area contributed by atoms with E-state index in [0.29, 0.717) is 38.1 Å². The summed E-state index contributed by atoms with van der Waals surface area (Å²) < 4.78 is 43.5. The van der Waals surface area contributed by atoms with Gasteiger partial charge in [-0.05, 0) is 35.5 Å². The number of benzene rings is 1. The van der Waals surface area contributed by atoms with Crippen molar-refractivity contribution in [3.05, 3.63) is 40.3 Å². The first-order chi connectivity index (χ1) is 12.8. The molecule has 0 N–H and O–H groups in total. The fourth-order valence-corrected chi connectivity index (χ4v) is 3.48. The lowest BCUT2D eigenvalue weighted by Gasteiger charge is -2.28. The van der Waals surface area contributed by atoms with E-state index in [1.54, 1.807) is 0 Å². The number of rotatable bonds is 3. The summed E-state index contributed by atoms with van der Waals surface area (Å²) in [6.07, 6.45) is -3.28. The summed E-state index contributed by atoms with van der Waals surface area (Å²) in [5, 5.41) is -0.625. The summed E-state index contributed by atoms with van der Waals surface area (Å²) in [7, 11) is 0. The number of halogens is 3. The zero-order chi connectivity index (χ0) is 19.6. The molecule has 3 rings (SSSR count). The number of nitrogens with zero attached hydrogens (tertiary/aromatic N) is 2. The Balaban J connectivity index is 1.74. The standard InChI is InChI=1S/C17H15F3N2O4S/c18-17(19,20)12-3-1-2-11(8-12)9-13-15(24)22(16(25)27-13)10-14(23)21-4-6-26-7-5-21/h1-3,8-9H,4-7,10H2/b13-9+. The molecule has 1 aromatic rings. The van der Waals surface area contributed by atoms with Crippen LogP contribution in [0.1, 0.15) is 11.1 Å². The number of carbonyl (C=O) groups is 3. The lowest BCUT2D eigenvalue weighted by atomic mass is 10.1. The minimum absolute atomic E-state index is 0.0194. The molecule has 0 atom stereocenters. The first-order valence-corrected chi connectivity index (χ1v) is 8.85. The molecule has 27 heavy (non-hydrogen) atoms. The number of carbonyl (C=O) groups excluding carboxylic acids is 3. The number of amides is 3. The highest BCUT2D eigenvalue weighted by molar-refractivity contribution is 8.18. The Labute approximate surface area is 156 Å². The Hall–Kier alpha value is -2.33. The molecule has 2 heterocycles. The second-order valence-electron chi connectivity index (χ2n) is 5.88. The van der Waals surface area contributed by atoms with Crippen molar-refractivity contribution in [1.29, 1.82) is 0 Å². The largest absolute Gasteiger partial charge is 0.416 e. The summed E-state index contributed by atoms with van der Waals surface area (Å²) in [5.74, 6) is -1.06. The Kier molecular flexibility index (Phi) is 5.56. The van der Waals surface area contributed by atoms with Crippen LogP contribution in [0.25, 0.3) is 6.08 Å². The van der Waals surface area contributed by atoms with Gasteiger partial charge in [-0.2, -0.15) is 13.2 Å². The van der Waals surface area contributed by atoms with Gasteiger partial charge in [0.2, 0.25) is 5.91 Å². The van der Waals surface area contributed by atoms with E-state index in [4.69, 9.17) is 4.74 Å². The first-order valence-electron chi connectivity index (χ1n) is 8.04. The number of alkyl halides is 3. The molecule has 0 unspecified atom stereocenters. The quantitative estimate of drug-likeness (QED) is 0.730. The van der Waals surface area contributed by atoms with Crippen molar-refractivity contribution in [1.82, 2.24) is 9.80 Å². The minimum Gasteiger partial charge on any atom is -0.378 e. The summed E-state index contributed by atoms with van der Waals surface area (Å²) in [5.41, 5.74) is -0.701. The van der Waals surface area contributed by atoms with Gasteiger partial charge < -0.3 is 9.64 Å². The van der Waals surface area contributed by atoms with Crippen LogP contribution in [0.5, 0.6) is 0 Å². The second kappa shape index (κ2) is 7.73. The SMILES string of the molecule is O=C(CN1C(=O)S/C(=C/c2cccc(C(F)(F)F)c2)C1=O)N1CCOCC1. The summed E-state index contributed by atoms with van der Waals surface area (Å²) in [6.45, 7) is 1.15. The van der Waals surface area contributed by atoms with Crippen LogP contribution in [-0.4, -0.2) is 59.7 Å². The van der Waals surface area contributed by atoms with Crippen molar-refractivity contribution in [3.8, 4) is 0 Å². The van der Waals surface area contributed by atoms with Crippen LogP contribution in [0.4, 0.5) is 18.0 Å². The number of thioether (sulfide) groups is 1. The third kappa shape index (κ3) is 4.51. The van der Waals surface area contributed by atoms with E-state index >= 15 is 0 Å². The molecule has 2 aliphatic rings. The Morgan fingerprint density at radius 3 is 2.59 bits per heavy atom. The normalized spacial score (nSPS) is 19.9. The molecule has 2 saturated heterocycles. The van der Waals surface area contributed by atoms with Crippen LogP contribution in [-0.2, 0) is 20.5 Å². The number of hydrogen-bond acceptors (Lipinski definition) is 5. The molecule has 0 aliphatic carbocycles. The average Bonchev–Trinajstić information content (AvgIpc) is 2.89. The zero-order valence-corrected chi connectivity index (χ0v) is 14.8. The van der Waals surface area contributed by atoms with E-state index in [-0.39, 0.29) is 16.4 Å². The van der Waals surface area contributed by atoms with Gasteiger partial charge in [0.1, 0.15) is 6.54 Å². The van der Waals surface area contributed by atoms with Gasteiger partial charge >= 0.3 is 6.18 Å². The molecule has 1 aromatic carbocycles. The van der Waals surface area contributed by atoms with Crippen LogP contribution in [0.15, 0.2) is 29.2 Å². The molecule has 0 aromatic heterocycles. The smallest absolute Gasteiger partial charge is 0.378 e. The van der Waals surface area contributed by atoms with E-state index in [1.807, 2.05) is 0 Å². The Morgan fingerprint density at radius 1 is 1.22 bits per heavy atom.